The third kappa shape index (κ3) is 4.37. The predicted molar refractivity (Wildman–Crippen MR) is 94.8 cm³/mol. The van der Waals surface area contributed by atoms with Crippen molar-refractivity contribution in [1.29, 1.82) is 0 Å². The van der Waals surface area contributed by atoms with Crippen LogP contribution in [0.5, 0.6) is 5.75 Å². The molecule has 3 rings (SSSR count). The van der Waals surface area contributed by atoms with E-state index < -0.39 is 0 Å². The van der Waals surface area contributed by atoms with Crippen LogP contribution in [0.1, 0.15) is 25.7 Å². The Balaban J connectivity index is 1.40. The standard InChI is InChI=1S/C16H19N5O3S/c17-21-20-10-5-1-2-6-12(10)24-14(22)8-4-3-7-13-15-11(9-25-13)18-16(23)19-15/h1-2,5-6,11,13,15H,3-4,7-9H2,(H2,18,19,23)/t11-,13-,15-/m0/s1. The van der Waals surface area contributed by atoms with Crippen LogP contribution < -0.4 is 15.4 Å². The molecule has 2 heterocycles. The first-order valence-electron chi connectivity index (χ1n) is 8.21. The number of carbonyl (C=O) groups excluding carboxylic acids is 2. The van der Waals surface area contributed by atoms with E-state index in [4.69, 9.17) is 10.3 Å². The van der Waals surface area contributed by atoms with Crippen molar-refractivity contribution in [2.24, 2.45) is 5.11 Å². The third-order valence-corrected chi connectivity index (χ3v) is 5.81. The van der Waals surface area contributed by atoms with Crippen LogP contribution in [0.3, 0.4) is 0 Å². The number of fused-ring (bicyclic) bond motifs is 1. The lowest BCUT2D eigenvalue weighted by molar-refractivity contribution is -0.134. The molecule has 2 aliphatic heterocycles. The fourth-order valence-electron chi connectivity index (χ4n) is 3.11. The average molecular weight is 361 g/mol. The molecule has 0 aromatic heterocycles. The second-order valence-electron chi connectivity index (χ2n) is 6.00. The van der Waals surface area contributed by atoms with E-state index in [1.165, 1.54) is 0 Å². The van der Waals surface area contributed by atoms with Gasteiger partial charge in [0.2, 0.25) is 0 Å². The lowest BCUT2D eigenvalue weighted by Crippen LogP contribution is -2.36. The van der Waals surface area contributed by atoms with Crippen LogP contribution in [0.2, 0.25) is 0 Å². The number of amides is 2. The Morgan fingerprint density at radius 3 is 3.04 bits per heavy atom. The molecule has 0 unspecified atom stereocenters. The summed E-state index contributed by atoms with van der Waals surface area (Å²) in [5.41, 5.74) is 8.82. The molecule has 2 saturated heterocycles. The Hall–Kier alpha value is -2.38. The number of nitrogens with one attached hydrogen (secondary N) is 2. The smallest absolute Gasteiger partial charge is 0.315 e. The largest absolute Gasteiger partial charge is 0.426 e. The average Bonchev–Trinajstić information content (AvgIpc) is 3.13. The van der Waals surface area contributed by atoms with Crippen molar-refractivity contribution in [2.75, 3.05) is 5.75 Å². The van der Waals surface area contributed by atoms with E-state index in [0.717, 1.165) is 25.0 Å². The molecule has 0 radical (unpaired) electrons. The summed E-state index contributed by atoms with van der Waals surface area (Å²) in [5.74, 6) is 0.874. The zero-order chi connectivity index (χ0) is 17.6. The van der Waals surface area contributed by atoms with Crippen molar-refractivity contribution in [1.82, 2.24) is 10.6 Å². The first kappa shape index (κ1) is 17.4. The molecule has 0 spiro atoms. The van der Waals surface area contributed by atoms with Gasteiger partial charge in [-0.1, -0.05) is 23.7 Å². The highest BCUT2D eigenvalue weighted by Gasteiger charge is 2.42. The van der Waals surface area contributed by atoms with Gasteiger partial charge in [0, 0.05) is 22.3 Å². The second kappa shape index (κ2) is 8.13. The van der Waals surface area contributed by atoms with Crippen molar-refractivity contribution < 1.29 is 14.3 Å². The number of carbonyl (C=O) groups is 2. The van der Waals surface area contributed by atoms with Gasteiger partial charge in [0.25, 0.3) is 0 Å². The minimum absolute atomic E-state index is 0.0810. The van der Waals surface area contributed by atoms with E-state index in [-0.39, 0.29) is 29.8 Å². The Bertz CT molecular complexity index is 707. The maximum atomic E-state index is 12.0. The highest BCUT2D eigenvalue weighted by Crippen LogP contribution is 2.33. The molecule has 2 fully saturated rings. The zero-order valence-electron chi connectivity index (χ0n) is 13.6. The number of ether oxygens (including phenoxy) is 1. The first-order chi connectivity index (χ1) is 12.2. The number of unbranched alkanes of at least 4 members (excludes halogenated alkanes) is 1. The summed E-state index contributed by atoms with van der Waals surface area (Å²) in [6.45, 7) is 0. The number of benzene rings is 1. The van der Waals surface area contributed by atoms with Crippen LogP contribution in [0.15, 0.2) is 29.4 Å². The van der Waals surface area contributed by atoms with E-state index in [2.05, 4.69) is 20.7 Å². The second-order valence-corrected chi connectivity index (χ2v) is 7.27. The Kier molecular flexibility index (Phi) is 5.67. The SMILES string of the molecule is [N-]=[N+]=Nc1ccccc1OC(=O)CCCC[C@@H]1SC[C@@H]2NC(=O)N[C@@H]21. The summed E-state index contributed by atoms with van der Waals surface area (Å²) in [4.78, 5) is 26.0. The van der Waals surface area contributed by atoms with Gasteiger partial charge < -0.3 is 15.4 Å². The van der Waals surface area contributed by atoms with Crippen LogP contribution >= 0.6 is 11.8 Å². The number of thioether (sulfide) groups is 1. The fraction of sp³-hybridized carbons (Fsp3) is 0.500. The summed E-state index contributed by atoms with van der Waals surface area (Å²) in [7, 11) is 0. The normalized spacial score (nSPS) is 24.0. The molecule has 2 aliphatic rings. The third-order valence-electron chi connectivity index (χ3n) is 4.30. The summed E-state index contributed by atoms with van der Waals surface area (Å²) in [6.07, 6.45) is 2.87. The summed E-state index contributed by atoms with van der Waals surface area (Å²) >= 11 is 1.87. The quantitative estimate of drug-likeness (QED) is 0.147. The van der Waals surface area contributed by atoms with E-state index >= 15 is 0 Å². The lowest BCUT2D eigenvalue weighted by atomic mass is 10.0. The lowest BCUT2D eigenvalue weighted by Gasteiger charge is -2.16. The monoisotopic (exact) mass is 361 g/mol. The fourth-order valence-corrected chi connectivity index (χ4v) is 4.65. The van der Waals surface area contributed by atoms with Gasteiger partial charge in [-0.05, 0) is 30.5 Å². The molecule has 2 N–H and O–H groups in total. The number of para-hydroxylation sites is 1. The zero-order valence-corrected chi connectivity index (χ0v) is 14.4. The molecular weight excluding hydrogens is 342 g/mol. The molecule has 25 heavy (non-hydrogen) atoms. The summed E-state index contributed by atoms with van der Waals surface area (Å²) in [6, 6.07) is 6.97. The van der Waals surface area contributed by atoms with Crippen molar-refractivity contribution >= 4 is 29.4 Å². The molecule has 0 bridgehead atoms. The van der Waals surface area contributed by atoms with Gasteiger partial charge in [-0.3, -0.25) is 4.79 Å². The van der Waals surface area contributed by atoms with Gasteiger partial charge in [0.1, 0.15) is 5.75 Å². The minimum Gasteiger partial charge on any atom is -0.426 e. The van der Waals surface area contributed by atoms with Crippen molar-refractivity contribution in [3.8, 4) is 5.75 Å². The maximum absolute atomic E-state index is 12.0. The highest BCUT2D eigenvalue weighted by atomic mass is 32.2. The van der Waals surface area contributed by atoms with E-state index in [9.17, 15) is 9.59 Å². The molecule has 1 aromatic rings. The van der Waals surface area contributed by atoms with Gasteiger partial charge in [0.15, 0.2) is 0 Å². The van der Waals surface area contributed by atoms with E-state index in [1.807, 2.05) is 11.8 Å². The molecule has 0 aliphatic carbocycles. The molecule has 132 valence electrons. The molecule has 1 aromatic carbocycles. The number of urea groups is 1. The number of hydrogen-bond donors (Lipinski definition) is 2. The van der Waals surface area contributed by atoms with Crippen LogP contribution in [0.4, 0.5) is 10.5 Å². The van der Waals surface area contributed by atoms with Crippen molar-refractivity contribution in [3.05, 3.63) is 34.7 Å². The number of rotatable bonds is 7. The van der Waals surface area contributed by atoms with E-state index in [1.54, 1.807) is 24.3 Å². The number of hydrogen-bond acceptors (Lipinski definition) is 5. The van der Waals surface area contributed by atoms with Gasteiger partial charge in [0.05, 0.1) is 17.8 Å². The van der Waals surface area contributed by atoms with Gasteiger partial charge >= 0.3 is 12.0 Å². The molecule has 0 saturated carbocycles. The van der Waals surface area contributed by atoms with Crippen LogP contribution in [-0.4, -0.2) is 35.1 Å². The number of nitrogens with zero attached hydrogens (tertiary/aromatic N) is 3. The van der Waals surface area contributed by atoms with Gasteiger partial charge in [-0.25, -0.2) is 4.79 Å². The van der Waals surface area contributed by atoms with Crippen molar-refractivity contribution in [3.63, 3.8) is 0 Å². The molecule has 9 heteroatoms. The van der Waals surface area contributed by atoms with Crippen LogP contribution in [0.25, 0.3) is 10.4 Å². The van der Waals surface area contributed by atoms with Crippen LogP contribution in [0, 0.1) is 0 Å². The molecule has 3 atom stereocenters. The predicted octanol–water partition coefficient (Wildman–Crippen LogP) is 3.26. The molecular formula is C16H19N5O3S. The maximum Gasteiger partial charge on any atom is 0.315 e. The first-order valence-corrected chi connectivity index (χ1v) is 9.25. The summed E-state index contributed by atoms with van der Waals surface area (Å²) in [5, 5.41) is 9.78. The van der Waals surface area contributed by atoms with Gasteiger partial charge in [-0.15, -0.1) is 0 Å². The minimum atomic E-state index is -0.339. The summed E-state index contributed by atoms with van der Waals surface area (Å²) < 4.78 is 5.28. The number of azide groups is 1. The van der Waals surface area contributed by atoms with E-state index in [0.29, 0.717) is 17.4 Å². The highest BCUT2D eigenvalue weighted by molar-refractivity contribution is 8.00. The molecule has 2 amide bonds. The number of esters is 1. The molecule has 8 nitrogen and oxygen atoms in total. The van der Waals surface area contributed by atoms with Crippen molar-refractivity contribution in [2.45, 2.75) is 43.0 Å². The Labute approximate surface area is 149 Å². The Morgan fingerprint density at radius 2 is 2.20 bits per heavy atom. The topological polar surface area (TPSA) is 116 Å². The van der Waals surface area contributed by atoms with Gasteiger partial charge in [-0.2, -0.15) is 11.8 Å². The Morgan fingerprint density at radius 1 is 1.36 bits per heavy atom. The van der Waals surface area contributed by atoms with Crippen LogP contribution in [-0.2, 0) is 4.79 Å².